The van der Waals surface area contributed by atoms with Crippen LogP contribution in [0.15, 0.2) is 29.4 Å². The van der Waals surface area contributed by atoms with E-state index in [1.807, 2.05) is 19.1 Å². The number of likely N-dealkylation sites (tertiary alicyclic amines) is 1. The van der Waals surface area contributed by atoms with Crippen molar-refractivity contribution in [1.29, 1.82) is 0 Å². The zero-order valence-corrected chi connectivity index (χ0v) is 10.7. The Morgan fingerprint density at radius 2 is 2.21 bits per heavy atom. The molecule has 0 aromatic heterocycles. The number of hydrogen-bond acceptors (Lipinski definition) is 3. The number of nitrogens with zero attached hydrogens (tertiary/aromatic N) is 4. The van der Waals surface area contributed by atoms with Gasteiger partial charge < -0.3 is 10.0 Å². The number of rotatable bonds is 4. The number of amides is 1. The highest BCUT2D eigenvalue weighted by Gasteiger charge is 2.32. The minimum atomic E-state index is -0.0378. The normalized spacial score (nSPS) is 20.2. The van der Waals surface area contributed by atoms with Crippen molar-refractivity contribution in [2.45, 2.75) is 19.4 Å². The second-order valence-corrected chi connectivity index (χ2v) is 4.80. The summed E-state index contributed by atoms with van der Waals surface area (Å²) in [5, 5.41) is 12.8. The van der Waals surface area contributed by atoms with Crippen LogP contribution >= 0.6 is 0 Å². The van der Waals surface area contributed by atoms with Crippen molar-refractivity contribution in [3.05, 3.63) is 40.3 Å². The van der Waals surface area contributed by atoms with Crippen LogP contribution in [0.25, 0.3) is 10.4 Å². The van der Waals surface area contributed by atoms with E-state index in [1.165, 1.54) is 0 Å². The largest absolute Gasteiger partial charge is 0.508 e. The molecule has 1 aliphatic heterocycles. The van der Waals surface area contributed by atoms with E-state index in [4.69, 9.17) is 5.53 Å². The maximum atomic E-state index is 12.0. The van der Waals surface area contributed by atoms with Crippen LogP contribution in [-0.2, 0) is 4.79 Å². The molecular weight excluding hydrogens is 244 g/mol. The lowest BCUT2D eigenvalue weighted by atomic mass is 10.1. The third-order valence-corrected chi connectivity index (χ3v) is 3.48. The molecule has 1 aliphatic rings. The maximum Gasteiger partial charge on any atom is 0.223 e. The summed E-state index contributed by atoms with van der Waals surface area (Å²) in [6.45, 7) is 2.93. The highest BCUT2D eigenvalue weighted by atomic mass is 16.3. The molecule has 1 N–H and O–H groups in total. The van der Waals surface area contributed by atoms with Crippen molar-refractivity contribution in [1.82, 2.24) is 4.90 Å². The Hall–Kier alpha value is -2.20. The van der Waals surface area contributed by atoms with Gasteiger partial charge >= 0.3 is 0 Å². The lowest BCUT2D eigenvalue weighted by Gasteiger charge is -2.25. The molecule has 1 fully saturated rings. The van der Waals surface area contributed by atoms with Gasteiger partial charge in [-0.05, 0) is 36.1 Å². The molecule has 1 amide bonds. The molecule has 2 rings (SSSR count). The van der Waals surface area contributed by atoms with Crippen LogP contribution in [0, 0.1) is 5.92 Å². The standard InChI is InChI=1S/C13H16N4O2/c1-9(11-2-4-12(18)5-3-11)17-8-10(6-13(17)19)7-15-16-14/h2-5,9-10,18H,6-8H2,1H3. The smallest absolute Gasteiger partial charge is 0.223 e. The van der Waals surface area contributed by atoms with E-state index in [2.05, 4.69) is 10.0 Å². The summed E-state index contributed by atoms with van der Waals surface area (Å²) in [6, 6.07) is 6.82. The van der Waals surface area contributed by atoms with E-state index in [1.54, 1.807) is 17.0 Å². The first-order chi connectivity index (χ1) is 9.11. The molecule has 0 bridgehead atoms. The number of azide groups is 1. The Balaban J connectivity index is 2.07. The predicted octanol–water partition coefficient (Wildman–Crippen LogP) is 2.61. The summed E-state index contributed by atoms with van der Waals surface area (Å²) in [5.41, 5.74) is 9.29. The zero-order chi connectivity index (χ0) is 13.8. The van der Waals surface area contributed by atoms with Crippen molar-refractivity contribution in [3.63, 3.8) is 0 Å². The zero-order valence-electron chi connectivity index (χ0n) is 10.7. The monoisotopic (exact) mass is 260 g/mol. The molecule has 0 aliphatic carbocycles. The highest BCUT2D eigenvalue weighted by Crippen LogP contribution is 2.29. The number of hydrogen-bond donors (Lipinski definition) is 1. The predicted molar refractivity (Wildman–Crippen MR) is 70.4 cm³/mol. The Morgan fingerprint density at radius 1 is 1.53 bits per heavy atom. The maximum absolute atomic E-state index is 12.0. The van der Waals surface area contributed by atoms with Gasteiger partial charge in [0.1, 0.15) is 5.75 Å². The summed E-state index contributed by atoms with van der Waals surface area (Å²) < 4.78 is 0. The second kappa shape index (κ2) is 5.63. The number of carbonyl (C=O) groups excluding carboxylic acids is 1. The van der Waals surface area contributed by atoms with E-state index in [0.29, 0.717) is 19.5 Å². The van der Waals surface area contributed by atoms with Crippen LogP contribution in [0.1, 0.15) is 24.9 Å². The molecule has 19 heavy (non-hydrogen) atoms. The van der Waals surface area contributed by atoms with Gasteiger partial charge in [-0.3, -0.25) is 4.79 Å². The van der Waals surface area contributed by atoms with Crippen molar-refractivity contribution < 1.29 is 9.90 Å². The number of phenols is 1. The summed E-state index contributed by atoms with van der Waals surface area (Å²) in [6.07, 6.45) is 0.432. The van der Waals surface area contributed by atoms with E-state index in [9.17, 15) is 9.90 Å². The van der Waals surface area contributed by atoms with Gasteiger partial charge in [0.05, 0.1) is 6.04 Å². The first kappa shape index (κ1) is 13.2. The molecule has 6 nitrogen and oxygen atoms in total. The van der Waals surface area contributed by atoms with Crippen LogP contribution in [0.4, 0.5) is 0 Å². The number of benzene rings is 1. The fourth-order valence-electron chi connectivity index (χ4n) is 2.39. The average molecular weight is 260 g/mol. The molecule has 6 heteroatoms. The SMILES string of the molecule is CC(c1ccc(O)cc1)N1CC(CN=[N+]=[N-])CC1=O. The van der Waals surface area contributed by atoms with E-state index >= 15 is 0 Å². The molecular formula is C13H16N4O2. The van der Waals surface area contributed by atoms with Gasteiger partial charge in [-0.25, -0.2) is 0 Å². The van der Waals surface area contributed by atoms with E-state index in [0.717, 1.165) is 5.56 Å². The van der Waals surface area contributed by atoms with Gasteiger partial charge in [0.25, 0.3) is 0 Å². The van der Waals surface area contributed by atoms with Crippen LogP contribution in [-0.4, -0.2) is 29.0 Å². The van der Waals surface area contributed by atoms with Gasteiger partial charge in [-0.1, -0.05) is 17.2 Å². The second-order valence-electron chi connectivity index (χ2n) is 4.80. The first-order valence-electron chi connectivity index (χ1n) is 6.21. The lowest BCUT2D eigenvalue weighted by Crippen LogP contribution is -2.28. The van der Waals surface area contributed by atoms with Gasteiger partial charge in [0.2, 0.25) is 5.91 Å². The van der Waals surface area contributed by atoms with Gasteiger partial charge in [-0.15, -0.1) is 0 Å². The summed E-state index contributed by atoms with van der Waals surface area (Å²) >= 11 is 0. The van der Waals surface area contributed by atoms with Gasteiger partial charge in [-0.2, -0.15) is 0 Å². The topological polar surface area (TPSA) is 89.3 Å². The average Bonchev–Trinajstić information content (AvgIpc) is 2.77. The van der Waals surface area contributed by atoms with E-state index in [-0.39, 0.29) is 23.6 Å². The molecule has 0 spiro atoms. The van der Waals surface area contributed by atoms with Crippen LogP contribution in [0.3, 0.4) is 0 Å². The van der Waals surface area contributed by atoms with Crippen molar-refractivity contribution in [3.8, 4) is 5.75 Å². The summed E-state index contributed by atoms with van der Waals surface area (Å²) in [5.74, 6) is 0.395. The van der Waals surface area contributed by atoms with Gasteiger partial charge in [0, 0.05) is 24.4 Å². The highest BCUT2D eigenvalue weighted by molar-refractivity contribution is 5.79. The molecule has 1 saturated heterocycles. The Kier molecular flexibility index (Phi) is 3.92. The van der Waals surface area contributed by atoms with Crippen molar-refractivity contribution in [2.24, 2.45) is 11.0 Å². The summed E-state index contributed by atoms with van der Waals surface area (Å²) in [4.78, 5) is 16.5. The van der Waals surface area contributed by atoms with Crippen molar-refractivity contribution >= 4 is 5.91 Å². The van der Waals surface area contributed by atoms with Crippen LogP contribution in [0.2, 0.25) is 0 Å². The Bertz CT molecular complexity index is 508. The molecule has 1 aromatic carbocycles. The fourth-order valence-corrected chi connectivity index (χ4v) is 2.39. The van der Waals surface area contributed by atoms with Gasteiger partial charge in [0.15, 0.2) is 0 Å². The molecule has 0 saturated carbocycles. The minimum absolute atomic E-state index is 0.0378. The van der Waals surface area contributed by atoms with Crippen molar-refractivity contribution in [2.75, 3.05) is 13.1 Å². The third kappa shape index (κ3) is 2.98. The quantitative estimate of drug-likeness (QED) is 0.512. The molecule has 2 atom stereocenters. The molecule has 1 aromatic rings. The number of phenolic OH excluding ortho intramolecular Hbond substituents is 1. The lowest BCUT2D eigenvalue weighted by molar-refractivity contribution is -0.129. The Morgan fingerprint density at radius 3 is 2.84 bits per heavy atom. The number of aromatic hydroxyl groups is 1. The van der Waals surface area contributed by atoms with Crippen LogP contribution < -0.4 is 0 Å². The summed E-state index contributed by atoms with van der Waals surface area (Å²) in [7, 11) is 0. The first-order valence-corrected chi connectivity index (χ1v) is 6.21. The minimum Gasteiger partial charge on any atom is -0.508 e. The fraction of sp³-hybridized carbons (Fsp3) is 0.462. The molecule has 2 unspecified atom stereocenters. The molecule has 0 radical (unpaired) electrons. The number of carbonyl (C=O) groups is 1. The molecule has 1 heterocycles. The van der Waals surface area contributed by atoms with E-state index < -0.39 is 0 Å². The molecule has 100 valence electrons. The third-order valence-electron chi connectivity index (χ3n) is 3.48. The Labute approximate surface area is 111 Å². The van der Waals surface area contributed by atoms with Crippen LogP contribution in [0.5, 0.6) is 5.75 Å².